The maximum absolute atomic E-state index is 15.1. The van der Waals surface area contributed by atoms with Gasteiger partial charge in [0.25, 0.3) is 0 Å². The van der Waals surface area contributed by atoms with Crippen LogP contribution in [0.2, 0.25) is 5.02 Å². The van der Waals surface area contributed by atoms with E-state index in [0.717, 1.165) is 37.3 Å². The highest BCUT2D eigenvalue weighted by Gasteiger charge is 2.39. The number of hydrogen-bond donors (Lipinski definition) is 0. The molecule has 0 saturated heterocycles. The highest BCUT2D eigenvalue weighted by molar-refractivity contribution is 6.33. The smallest absolute Gasteiger partial charge is 0.429 e. The van der Waals surface area contributed by atoms with Gasteiger partial charge in [-0.25, -0.2) is 22.0 Å². The first-order valence-corrected chi connectivity index (χ1v) is 12.5. The van der Waals surface area contributed by atoms with Crippen LogP contribution in [0.25, 0.3) is 11.1 Å². The van der Waals surface area contributed by atoms with E-state index >= 15 is 4.39 Å². The Morgan fingerprint density at radius 2 is 1.45 bits per heavy atom. The highest BCUT2D eigenvalue weighted by Crippen LogP contribution is 2.42. The third-order valence-corrected chi connectivity index (χ3v) is 7.13. The van der Waals surface area contributed by atoms with Crippen molar-refractivity contribution in [1.29, 1.82) is 0 Å². The number of benzene rings is 3. The second kappa shape index (κ2) is 11.5. The van der Waals surface area contributed by atoms with Crippen molar-refractivity contribution in [1.82, 2.24) is 0 Å². The third-order valence-electron chi connectivity index (χ3n) is 6.76. The van der Waals surface area contributed by atoms with Crippen LogP contribution in [0, 0.1) is 35.0 Å². The van der Waals surface area contributed by atoms with E-state index in [-0.39, 0.29) is 29.2 Å². The molecule has 3 aromatic rings. The average molecular weight is 561 g/mol. The number of hydrogen-bond acceptors (Lipinski definition) is 2. The van der Waals surface area contributed by atoms with E-state index in [1.54, 1.807) is 6.07 Å². The van der Waals surface area contributed by atoms with Gasteiger partial charge < -0.3 is 9.47 Å². The SMILES string of the molecule is CCOCC1CCC(c2ccc(-c3ccc(C(F)(F)Oc4cc(F)c(F)c(F)c4)c(F)c3Cl)c(F)c2)CC1. The standard InChI is InChI=1S/C28H24ClF7O2/c1-2-37-14-15-3-5-16(6-4-15)17-7-8-19(22(30)11-17)20-9-10-21(26(33)25(20)29)28(35,36)38-18-12-23(31)27(34)24(32)13-18/h7-13,15-16H,2-6,14H2,1H3. The molecule has 0 aliphatic heterocycles. The zero-order valence-electron chi connectivity index (χ0n) is 20.3. The zero-order chi connectivity index (χ0) is 27.6. The molecule has 1 aliphatic carbocycles. The summed E-state index contributed by atoms with van der Waals surface area (Å²) in [7, 11) is 0. The van der Waals surface area contributed by atoms with Gasteiger partial charge in [-0.2, -0.15) is 8.78 Å². The molecule has 0 N–H and O–H groups in total. The summed E-state index contributed by atoms with van der Waals surface area (Å²) in [4.78, 5) is 0. The van der Waals surface area contributed by atoms with Crippen molar-refractivity contribution in [2.24, 2.45) is 5.92 Å². The van der Waals surface area contributed by atoms with Crippen molar-refractivity contribution in [3.63, 3.8) is 0 Å². The summed E-state index contributed by atoms with van der Waals surface area (Å²) >= 11 is 6.02. The average Bonchev–Trinajstić information content (AvgIpc) is 2.87. The van der Waals surface area contributed by atoms with Crippen LogP contribution in [-0.2, 0) is 10.8 Å². The summed E-state index contributed by atoms with van der Waals surface area (Å²) in [5.74, 6) is -8.13. The van der Waals surface area contributed by atoms with Gasteiger partial charge in [0.2, 0.25) is 0 Å². The molecule has 0 radical (unpaired) electrons. The van der Waals surface area contributed by atoms with Gasteiger partial charge in [-0.05, 0) is 62.1 Å². The van der Waals surface area contributed by atoms with E-state index in [2.05, 4.69) is 4.74 Å². The minimum absolute atomic E-state index is 0.0823. The van der Waals surface area contributed by atoms with Crippen molar-refractivity contribution in [3.05, 3.63) is 87.7 Å². The van der Waals surface area contributed by atoms with Gasteiger partial charge in [0.05, 0.1) is 5.02 Å². The number of halogens is 8. The number of ether oxygens (including phenoxy) is 2. The molecule has 1 saturated carbocycles. The van der Waals surface area contributed by atoms with Gasteiger partial charge >= 0.3 is 6.11 Å². The van der Waals surface area contributed by atoms with Crippen LogP contribution >= 0.6 is 11.6 Å². The summed E-state index contributed by atoms with van der Waals surface area (Å²) in [5, 5.41) is -0.787. The molecule has 4 rings (SSSR count). The lowest BCUT2D eigenvalue weighted by Gasteiger charge is -2.28. The number of rotatable bonds is 8. The van der Waals surface area contributed by atoms with Crippen LogP contribution in [0.1, 0.15) is 49.7 Å². The molecular formula is C28H24ClF7O2. The summed E-state index contributed by atoms with van der Waals surface area (Å²) in [6, 6.07) is 6.52. The Morgan fingerprint density at radius 1 is 0.816 bits per heavy atom. The predicted octanol–water partition coefficient (Wildman–Crippen LogP) is 9.14. The Bertz CT molecular complexity index is 1280. The molecule has 3 aromatic carbocycles. The van der Waals surface area contributed by atoms with Crippen molar-refractivity contribution in [2.45, 2.75) is 44.6 Å². The molecule has 1 aliphatic rings. The van der Waals surface area contributed by atoms with Crippen LogP contribution in [-0.4, -0.2) is 13.2 Å². The van der Waals surface area contributed by atoms with Gasteiger partial charge in [-0.15, -0.1) is 0 Å². The lowest BCUT2D eigenvalue weighted by atomic mass is 9.78. The van der Waals surface area contributed by atoms with Crippen molar-refractivity contribution < 1.29 is 40.2 Å². The van der Waals surface area contributed by atoms with Crippen LogP contribution in [0.15, 0.2) is 42.5 Å². The quantitative estimate of drug-likeness (QED) is 0.202. The fourth-order valence-electron chi connectivity index (χ4n) is 4.73. The Labute approximate surface area is 220 Å². The van der Waals surface area contributed by atoms with E-state index in [1.807, 2.05) is 6.92 Å². The second-order valence-electron chi connectivity index (χ2n) is 9.22. The third kappa shape index (κ3) is 5.94. The molecule has 2 nitrogen and oxygen atoms in total. The normalized spacial score (nSPS) is 18.0. The second-order valence-corrected chi connectivity index (χ2v) is 9.60. The molecule has 0 bridgehead atoms. The molecule has 0 amide bonds. The maximum atomic E-state index is 15.1. The summed E-state index contributed by atoms with van der Waals surface area (Å²) < 4.78 is 109. The van der Waals surface area contributed by atoms with Gasteiger partial charge in [-0.3, -0.25) is 0 Å². The minimum atomic E-state index is -4.44. The van der Waals surface area contributed by atoms with Crippen LogP contribution in [0.3, 0.4) is 0 Å². The number of alkyl halides is 2. The van der Waals surface area contributed by atoms with Crippen molar-refractivity contribution >= 4 is 11.6 Å². The Kier molecular flexibility index (Phi) is 8.57. The largest absolute Gasteiger partial charge is 0.429 e. The molecule has 0 heterocycles. The lowest BCUT2D eigenvalue weighted by Crippen LogP contribution is -2.24. The monoisotopic (exact) mass is 560 g/mol. The van der Waals surface area contributed by atoms with Crippen LogP contribution in [0.5, 0.6) is 5.75 Å². The van der Waals surface area contributed by atoms with Gasteiger partial charge in [0, 0.05) is 36.5 Å². The van der Waals surface area contributed by atoms with Crippen LogP contribution in [0.4, 0.5) is 30.7 Å². The molecule has 10 heteroatoms. The van der Waals surface area contributed by atoms with E-state index in [4.69, 9.17) is 16.3 Å². The molecule has 0 spiro atoms. The molecule has 0 aromatic heterocycles. The first-order chi connectivity index (χ1) is 18.0. The zero-order valence-corrected chi connectivity index (χ0v) is 21.0. The topological polar surface area (TPSA) is 18.5 Å². The maximum Gasteiger partial charge on any atom is 0.429 e. The van der Waals surface area contributed by atoms with E-state index < -0.39 is 51.5 Å². The van der Waals surface area contributed by atoms with Crippen LogP contribution < -0.4 is 4.74 Å². The van der Waals surface area contributed by atoms with Crippen molar-refractivity contribution in [3.8, 4) is 16.9 Å². The lowest BCUT2D eigenvalue weighted by molar-refractivity contribution is -0.187. The summed E-state index contributed by atoms with van der Waals surface area (Å²) in [6.45, 7) is 3.31. The Morgan fingerprint density at radius 3 is 2.05 bits per heavy atom. The fraction of sp³-hybridized carbons (Fsp3) is 0.357. The summed E-state index contributed by atoms with van der Waals surface area (Å²) in [5.41, 5.74) is -0.807. The first-order valence-electron chi connectivity index (χ1n) is 12.1. The van der Waals surface area contributed by atoms with E-state index in [9.17, 15) is 26.3 Å². The molecular weight excluding hydrogens is 537 g/mol. The highest BCUT2D eigenvalue weighted by atomic mass is 35.5. The Hall–Kier alpha value is -2.78. The predicted molar refractivity (Wildman–Crippen MR) is 129 cm³/mol. The molecule has 1 fully saturated rings. The molecule has 38 heavy (non-hydrogen) atoms. The molecule has 0 atom stereocenters. The van der Waals surface area contributed by atoms with Gasteiger partial charge in [0.1, 0.15) is 17.1 Å². The van der Waals surface area contributed by atoms with E-state index in [1.165, 1.54) is 12.1 Å². The minimum Gasteiger partial charge on any atom is -0.429 e. The fourth-order valence-corrected chi connectivity index (χ4v) is 4.99. The van der Waals surface area contributed by atoms with Gasteiger partial charge in [0.15, 0.2) is 23.3 Å². The first kappa shape index (κ1) is 28.2. The summed E-state index contributed by atoms with van der Waals surface area (Å²) in [6.07, 6.45) is -0.776. The van der Waals surface area contributed by atoms with Crippen molar-refractivity contribution in [2.75, 3.05) is 13.2 Å². The van der Waals surface area contributed by atoms with E-state index in [0.29, 0.717) is 25.2 Å². The molecule has 204 valence electrons. The molecule has 0 unspecified atom stereocenters. The van der Waals surface area contributed by atoms with Gasteiger partial charge in [-0.1, -0.05) is 29.8 Å². The Balaban J connectivity index is 1.54.